The number of benzene rings is 3. The lowest BCUT2D eigenvalue weighted by atomic mass is 10.2. The van der Waals surface area contributed by atoms with Crippen LogP contribution in [0.1, 0.15) is 12.5 Å². The fourth-order valence-corrected chi connectivity index (χ4v) is 4.78. The summed E-state index contributed by atoms with van der Waals surface area (Å²) in [6.45, 7) is 0.855. The minimum absolute atomic E-state index is 0.261. The van der Waals surface area contributed by atoms with E-state index in [-0.39, 0.29) is 16.5 Å². The smallest absolute Gasteiger partial charge is 0.375 e. The lowest BCUT2D eigenvalue weighted by Gasteiger charge is -2.18. The standard InChI is InChI=1S/C23H20F3N3O4S/c1-15(30)28-16-10-12-17(13-11-16)29-21(31)14-27-20-9-5-8-19(23(24,25)26)22(20)34(32,33)18-6-3-2-4-7-18/h2-13,27H,14H2,1H3,(H,28,30)(H,29,31). The van der Waals surface area contributed by atoms with E-state index in [0.29, 0.717) is 17.4 Å². The van der Waals surface area contributed by atoms with Gasteiger partial charge in [-0.15, -0.1) is 0 Å². The van der Waals surface area contributed by atoms with Crippen LogP contribution in [0.3, 0.4) is 0 Å². The van der Waals surface area contributed by atoms with E-state index in [0.717, 1.165) is 6.07 Å². The fourth-order valence-electron chi connectivity index (χ4n) is 3.13. The summed E-state index contributed by atoms with van der Waals surface area (Å²) in [5.41, 5.74) is -0.796. The van der Waals surface area contributed by atoms with Crippen LogP contribution in [-0.4, -0.2) is 26.8 Å². The second-order valence-corrected chi connectivity index (χ2v) is 9.04. The zero-order chi connectivity index (χ0) is 24.9. The molecule has 3 N–H and O–H groups in total. The predicted molar refractivity (Wildman–Crippen MR) is 121 cm³/mol. The first-order valence-electron chi connectivity index (χ1n) is 9.90. The summed E-state index contributed by atoms with van der Waals surface area (Å²) >= 11 is 0. The molecule has 0 heterocycles. The van der Waals surface area contributed by atoms with Crippen molar-refractivity contribution in [2.45, 2.75) is 22.9 Å². The highest BCUT2D eigenvalue weighted by Gasteiger charge is 2.39. The molecule has 0 fully saturated rings. The van der Waals surface area contributed by atoms with E-state index >= 15 is 0 Å². The van der Waals surface area contributed by atoms with Crippen molar-refractivity contribution in [3.8, 4) is 0 Å². The summed E-state index contributed by atoms with van der Waals surface area (Å²) in [6, 6.07) is 15.8. The number of halogens is 3. The number of carbonyl (C=O) groups excluding carboxylic acids is 2. The number of anilines is 3. The molecular formula is C23H20F3N3O4S. The van der Waals surface area contributed by atoms with Crippen LogP contribution in [0.5, 0.6) is 0 Å². The molecule has 3 aromatic rings. The normalized spacial score (nSPS) is 11.5. The molecule has 0 saturated heterocycles. The summed E-state index contributed by atoms with van der Waals surface area (Å²) in [5.74, 6) is -0.879. The van der Waals surface area contributed by atoms with E-state index in [1.165, 1.54) is 49.4 Å². The molecule has 0 unspecified atom stereocenters. The van der Waals surface area contributed by atoms with Crippen LogP contribution in [0, 0.1) is 0 Å². The molecule has 0 radical (unpaired) electrons. The van der Waals surface area contributed by atoms with Gasteiger partial charge in [0.2, 0.25) is 21.7 Å². The topological polar surface area (TPSA) is 104 Å². The molecule has 0 bridgehead atoms. The SMILES string of the molecule is CC(=O)Nc1ccc(NC(=O)CNc2cccc(C(F)(F)F)c2S(=O)(=O)c2ccccc2)cc1. The van der Waals surface area contributed by atoms with Crippen LogP contribution in [0.15, 0.2) is 82.6 Å². The van der Waals surface area contributed by atoms with Crippen molar-refractivity contribution in [1.82, 2.24) is 0 Å². The van der Waals surface area contributed by atoms with Crippen LogP contribution < -0.4 is 16.0 Å². The minimum Gasteiger partial charge on any atom is -0.375 e. The van der Waals surface area contributed by atoms with Crippen molar-refractivity contribution < 1.29 is 31.2 Å². The first-order valence-corrected chi connectivity index (χ1v) is 11.4. The third-order valence-electron chi connectivity index (χ3n) is 4.57. The number of carbonyl (C=O) groups is 2. The molecular weight excluding hydrogens is 471 g/mol. The van der Waals surface area contributed by atoms with Crippen molar-refractivity contribution >= 4 is 38.7 Å². The van der Waals surface area contributed by atoms with Crippen LogP contribution in [0.4, 0.5) is 30.2 Å². The van der Waals surface area contributed by atoms with Crippen LogP contribution >= 0.6 is 0 Å². The van der Waals surface area contributed by atoms with Gasteiger partial charge in [-0.05, 0) is 48.5 Å². The molecule has 178 valence electrons. The van der Waals surface area contributed by atoms with Crippen LogP contribution in [-0.2, 0) is 25.6 Å². The molecule has 3 rings (SSSR count). The van der Waals surface area contributed by atoms with Crippen molar-refractivity contribution in [3.05, 3.63) is 78.4 Å². The van der Waals surface area contributed by atoms with Crippen molar-refractivity contribution in [1.29, 1.82) is 0 Å². The maximum atomic E-state index is 13.7. The van der Waals surface area contributed by atoms with Gasteiger partial charge >= 0.3 is 6.18 Å². The van der Waals surface area contributed by atoms with Gasteiger partial charge in [0, 0.05) is 18.3 Å². The van der Waals surface area contributed by atoms with Gasteiger partial charge in [0.1, 0.15) is 4.90 Å². The molecule has 0 aliphatic carbocycles. The highest BCUT2D eigenvalue weighted by Crippen LogP contribution is 2.40. The summed E-state index contributed by atoms with van der Waals surface area (Å²) in [4.78, 5) is 22.2. The average molecular weight is 491 g/mol. The maximum absolute atomic E-state index is 13.7. The molecule has 0 saturated carbocycles. The molecule has 0 aliphatic heterocycles. The second kappa shape index (κ2) is 9.96. The third-order valence-corrected chi connectivity index (χ3v) is 6.44. The third kappa shape index (κ3) is 5.93. The maximum Gasteiger partial charge on any atom is 0.417 e. The van der Waals surface area contributed by atoms with Crippen molar-refractivity contribution in [2.75, 3.05) is 22.5 Å². The van der Waals surface area contributed by atoms with Gasteiger partial charge in [0.25, 0.3) is 0 Å². The quantitative estimate of drug-likeness (QED) is 0.450. The van der Waals surface area contributed by atoms with E-state index in [9.17, 15) is 31.2 Å². The highest BCUT2D eigenvalue weighted by molar-refractivity contribution is 7.91. The predicted octanol–water partition coefficient (Wildman–Crippen LogP) is 4.55. The first kappa shape index (κ1) is 24.8. The van der Waals surface area contributed by atoms with Gasteiger partial charge in [-0.3, -0.25) is 9.59 Å². The minimum atomic E-state index is -4.94. The molecule has 2 amide bonds. The number of sulfone groups is 1. The summed E-state index contributed by atoms with van der Waals surface area (Å²) < 4.78 is 67.2. The van der Waals surface area contributed by atoms with E-state index in [2.05, 4.69) is 16.0 Å². The Morgan fingerprint density at radius 1 is 0.824 bits per heavy atom. The van der Waals surface area contributed by atoms with Crippen molar-refractivity contribution in [2.24, 2.45) is 0 Å². The number of amides is 2. The Balaban J connectivity index is 1.85. The van der Waals surface area contributed by atoms with E-state index in [4.69, 9.17) is 0 Å². The number of rotatable bonds is 7. The van der Waals surface area contributed by atoms with Gasteiger partial charge in [0.05, 0.1) is 22.7 Å². The number of alkyl halides is 3. The Kier molecular flexibility index (Phi) is 7.26. The zero-order valence-electron chi connectivity index (χ0n) is 17.8. The largest absolute Gasteiger partial charge is 0.417 e. The van der Waals surface area contributed by atoms with Crippen LogP contribution in [0.25, 0.3) is 0 Å². The summed E-state index contributed by atoms with van der Waals surface area (Å²) in [6.07, 6.45) is -4.94. The number of nitrogens with one attached hydrogen (secondary N) is 3. The Hall–Kier alpha value is -3.86. The molecule has 0 aliphatic rings. The van der Waals surface area contributed by atoms with Gasteiger partial charge in [-0.2, -0.15) is 13.2 Å². The first-order chi connectivity index (χ1) is 16.0. The molecule has 11 heteroatoms. The highest BCUT2D eigenvalue weighted by atomic mass is 32.2. The van der Waals surface area contributed by atoms with E-state index in [1.807, 2.05) is 0 Å². The van der Waals surface area contributed by atoms with E-state index < -0.39 is 38.9 Å². The Labute approximate surface area is 193 Å². The second-order valence-electron chi connectivity index (χ2n) is 7.16. The lowest BCUT2D eigenvalue weighted by molar-refractivity contribution is -0.139. The lowest BCUT2D eigenvalue weighted by Crippen LogP contribution is -2.23. The monoisotopic (exact) mass is 491 g/mol. The van der Waals surface area contributed by atoms with Crippen molar-refractivity contribution in [3.63, 3.8) is 0 Å². The zero-order valence-corrected chi connectivity index (χ0v) is 18.6. The average Bonchev–Trinajstić information content (AvgIpc) is 2.78. The fraction of sp³-hybridized carbons (Fsp3) is 0.130. The van der Waals surface area contributed by atoms with Crippen LogP contribution in [0.2, 0.25) is 0 Å². The molecule has 0 spiro atoms. The summed E-state index contributed by atoms with van der Waals surface area (Å²) in [7, 11) is -4.55. The number of hydrogen-bond acceptors (Lipinski definition) is 5. The number of hydrogen-bond donors (Lipinski definition) is 3. The Morgan fingerprint density at radius 3 is 1.97 bits per heavy atom. The van der Waals surface area contributed by atoms with E-state index in [1.54, 1.807) is 18.2 Å². The Morgan fingerprint density at radius 2 is 1.41 bits per heavy atom. The van der Waals surface area contributed by atoms with Gasteiger partial charge in [-0.1, -0.05) is 24.3 Å². The summed E-state index contributed by atoms with van der Waals surface area (Å²) in [5, 5.41) is 7.62. The Bertz CT molecular complexity index is 1290. The molecule has 3 aromatic carbocycles. The molecule has 34 heavy (non-hydrogen) atoms. The van der Waals surface area contributed by atoms with Gasteiger partial charge in [0.15, 0.2) is 0 Å². The van der Waals surface area contributed by atoms with Gasteiger partial charge in [-0.25, -0.2) is 8.42 Å². The molecule has 0 aromatic heterocycles. The molecule has 0 atom stereocenters. The van der Waals surface area contributed by atoms with Gasteiger partial charge < -0.3 is 16.0 Å². The molecule has 7 nitrogen and oxygen atoms in total.